The number of thioether (sulfide) groups is 1. The second-order valence-electron chi connectivity index (χ2n) is 1.99. The lowest BCUT2D eigenvalue weighted by molar-refractivity contribution is -0.142. The van der Waals surface area contributed by atoms with Gasteiger partial charge in [0.05, 0.1) is 6.61 Å². The van der Waals surface area contributed by atoms with Crippen molar-refractivity contribution in [3.05, 3.63) is 0 Å². The Morgan fingerprint density at radius 3 is 3.00 bits per heavy atom. The van der Waals surface area contributed by atoms with Crippen LogP contribution in [0.2, 0.25) is 0 Å². The normalized spacial score (nSPS) is 35.3. The standard InChI is InChI=1S/C6H12O2S/c1-3-7-6(2)8-4-5-9-6/h3-5H2,1-2H3. The summed E-state index contributed by atoms with van der Waals surface area (Å²) in [4.78, 5) is 0. The number of ether oxygens (including phenoxy) is 2. The lowest BCUT2D eigenvalue weighted by atomic mass is 10.7. The van der Waals surface area contributed by atoms with Crippen LogP contribution in [0.25, 0.3) is 0 Å². The molecule has 0 radical (unpaired) electrons. The van der Waals surface area contributed by atoms with Crippen molar-refractivity contribution >= 4 is 11.8 Å². The van der Waals surface area contributed by atoms with Crippen molar-refractivity contribution in [3.63, 3.8) is 0 Å². The summed E-state index contributed by atoms with van der Waals surface area (Å²) in [5.41, 5.74) is 0. The summed E-state index contributed by atoms with van der Waals surface area (Å²) in [5.74, 6) is 1.05. The molecule has 2 nitrogen and oxygen atoms in total. The molecule has 9 heavy (non-hydrogen) atoms. The fourth-order valence-electron chi connectivity index (χ4n) is 0.841. The number of rotatable bonds is 2. The Balaban J connectivity index is 2.32. The molecule has 0 N–H and O–H groups in total. The van der Waals surface area contributed by atoms with Gasteiger partial charge in [-0.25, -0.2) is 0 Å². The van der Waals surface area contributed by atoms with Crippen molar-refractivity contribution in [2.24, 2.45) is 0 Å². The molecule has 1 heterocycles. The van der Waals surface area contributed by atoms with E-state index in [1.165, 1.54) is 0 Å². The third-order valence-electron chi connectivity index (χ3n) is 1.22. The SMILES string of the molecule is CCOC1(C)OCCS1. The van der Waals surface area contributed by atoms with Gasteiger partial charge in [0.2, 0.25) is 5.12 Å². The molecule has 3 heteroatoms. The van der Waals surface area contributed by atoms with Gasteiger partial charge in [-0.2, -0.15) is 0 Å². The van der Waals surface area contributed by atoms with Gasteiger partial charge in [-0.05, 0) is 6.92 Å². The van der Waals surface area contributed by atoms with E-state index in [1.54, 1.807) is 11.8 Å². The molecular weight excluding hydrogens is 136 g/mol. The van der Waals surface area contributed by atoms with Crippen LogP contribution in [0, 0.1) is 0 Å². The Morgan fingerprint density at radius 2 is 2.56 bits per heavy atom. The zero-order valence-corrected chi connectivity index (χ0v) is 6.66. The van der Waals surface area contributed by atoms with E-state index >= 15 is 0 Å². The van der Waals surface area contributed by atoms with Crippen molar-refractivity contribution in [1.82, 2.24) is 0 Å². The molecule has 1 rings (SSSR count). The average Bonchev–Trinajstić information content (AvgIpc) is 2.16. The van der Waals surface area contributed by atoms with Crippen LogP contribution in [0.3, 0.4) is 0 Å². The van der Waals surface area contributed by atoms with Gasteiger partial charge in [-0.15, -0.1) is 0 Å². The molecule has 0 saturated carbocycles. The van der Waals surface area contributed by atoms with Crippen LogP contribution in [0.15, 0.2) is 0 Å². The fraction of sp³-hybridized carbons (Fsp3) is 1.00. The van der Waals surface area contributed by atoms with E-state index in [-0.39, 0.29) is 5.12 Å². The molecule has 0 aromatic rings. The molecule has 0 spiro atoms. The first-order chi connectivity index (χ1) is 4.27. The highest BCUT2D eigenvalue weighted by Crippen LogP contribution is 2.32. The molecular formula is C6H12O2S. The largest absolute Gasteiger partial charge is 0.342 e. The molecule has 1 saturated heterocycles. The minimum atomic E-state index is -0.339. The fourth-order valence-corrected chi connectivity index (χ4v) is 1.75. The van der Waals surface area contributed by atoms with Crippen LogP contribution in [-0.2, 0) is 9.47 Å². The summed E-state index contributed by atoms with van der Waals surface area (Å²) < 4.78 is 10.7. The molecule has 1 atom stereocenters. The second-order valence-corrected chi connectivity index (χ2v) is 3.43. The maximum Gasteiger partial charge on any atom is 0.215 e. The number of hydrogen-bond donors (Lipinski definition) is 0. The number of hydrogen-bond acceptors (Lipinski definition) is 3. The van der Waals surface area contributed by atoms with Crippen molar-refractivity contribution in [2.45, 2.75) is 19.0 Å². The summed E-state index contributed by atoms with van der Waals surface area (Å²) >= 11 is 1.72. The first-order valence-electron chi connectivity index (χ1n) is 3.19. The quantitative estimate of drug-likeness (QED) is 0.590. The molecule has 0 aliphatic carbocycles. The average molecular weight is 148 g/mol. The molecule has 0 bridgehead atoms. The van der Waals surface area contributed by atoms with E-state index in [0.717, 1.165) is 19.0 Å². The van der Waals surface area contributed by atoms with E-state index in [2.05, 4.69) is 0 Å². The molecule has 0 aromatic heterocycles. The van der Waals surface area contributed by atoms with Crippen molar-refractivity contribution in [2.75, 3.05) is 19.0 Å². The molecule has 1 fully saturated rings. The van der Waals surface area contributed by atoms with E-state index in [1.807, 2.05) is 13.8 Å². The Bertz CT molecular complexity index is 89.1. The molecule has 54 valence electrons. The lowest BCUT2D eigenvalue weighted by Crippen LogP contribution is -2.23. The van der Waals surface area contributed by atoms with Crippen molar-refractivity contribution in [3.8, 4) is 0 Å². The summed E-state index contributed by atoms with van der Waals surface area (Å²) in [6.45, 7) is 5.49. The smallest absolute Gasteiger partial charge is 0.215 e. The van der Waals surface area contributed by atoms with E-state index < -0.39 is 0 Å². The highest BCUT2D eigenvalue weighted by Gasteiger charge is 2.30. The Morgan fingerprint density at radius 1 is 1.78 bits per heavy atom. The van der Waals surface area contributed by atoms with Gasteiger partial charge in [-0.3, -0.25) is 0 Å². The summed E-state index contributed by atoms with van der Waals surface area (Å²) in [6, 6.07) is 0. The monoisotopic (exact) mass is 148 g/mol. The zero-order valence-electron chi connectivity index (χ0n) is 5.85. The van der Waals surface area contributed by atoms with Gasteiger partial charge < -0.3 is 9.47 Å². The second kappa shape index (κ2) is 2.90. The highest BCUT2D eigenvalue weighted by molar-refractivity contribution is 8.00. The molecule has 0 amide bonds. The third-order valence-corrected chi connectivity index (χ3v) is 2.35. The van der Waals surface area contributed by atoms with Gasteiger partial charge in [0.25, 0.3) is 0 Å². The topological polar surface area (TPSA) is 18.5 Å². The predicted molar refractivity (Wildman–Crippen MR) is 38.4 cm³/mol. The van der Waals surface area contributed by atoms with Crippen LogP contribution in [0.4, 0.5) is 0 Å². The van der Waals surface area contributed by atoms with Crippen molar-refractivity contribution in [1.29, 1.82) is 0 Å². The van der Waals surface area contributed by atoms with Crippen LogP contribution < -0.4 is 0 Å². The third kappa shape index (κ3) is 1.85. The summed E-state index contributed by atoms with van der Waals surface area (Å²) in [7, 11) is 0. The van der Waals surface area contributed by atoms with Gasteiger partial charge >= 0.3 is 0 Å². The van der Waals surface area contributed by atoms with Gasteiger partial charge in [0, 0.05) is 19.3 Å². The van der Waals surface area contributed by atoms with Crippen LogP contribution >= 0.6 is 11.8 Å². The van der Waals surface area contributed by atoms with Gasteiger partial charge in [-0.1, -0.05) is 11.8 Å². The van der Waals surface area contributed by atoms with Crippen LogP contribution in [-0.4, -0.2) is 24.1 Å². The first-order valence-corrected chi connectivity index (χ1v) is 4.17. The van der Waals surface area contributed by atoms with E-state index in [9.17, 15) is 0 Å². The summed E-state index contributed by atoms with van der Waals surface area (Å²) in [6.07, 6.45) is 0. The molecule has 1 aliphatic heterocycles. The molecule has 1 aliphatic rings. The van der Waals surface area contributed by atoms with Crippen LogP contribution in [0.1, 0.15) is 13.8 Å². The van der Waals surface area contributed by atoms with Crippen molar-refractivity contribution < 1.29 is 9.47 Å². The lowest BCUT2D eigenvalue weighted by Gasteiger charge is -2.20. The van der Waals surface area contributed by atoms with E-state index in [4.69, 9.17) is 9.47 Å². The first kappa shape index (κ1) is 7.38. The predicted octanol–water partition coefficient (Wildman–Crippen LogP) is 1.46. The Hall–Kier alpha value is 0.270. The zero-order chi connectivity index (χ0) is 6.74. The summed E-state index contributed by atoms with van der Waals surface area (Å²) in [5, 5.41) is -0.339. The maximum absolute atomic E-state index is 5.33. The molecule has 0 aromatic carbocycles. The van der Waals surface area contributed by atoms with Crippen LogP contribution in [0.5, 0.6) is 0 Å². The molecule has 1 unspecified atom stereocenters. The van der Waals surface area contributed by atoms with Gasteiger partial charge in [0.1, 0.15) is 0 Å². The maximum atomic E-state index is 5.33. The van der Waals surface area contributed by atoms with E-state index in [0.29, 0.717) is 0 Å². The minimum absolute atomic E-state index is 0.339. The highest BCUT2D eigenvalue weighted by atomic mass is 32.2. The minimum Gasteiger partial charge on any atom is -0.342 e. The van der Waals surface area contributed by atoms with Gasteiger partial charge in [0.15, 0.2) is 0 Å². The Kier molecular flexibility index (Phi) is 2.38. The Labute approximate surface area is 59.9 Å².